The van der Waals surface area contributed by atoms with Gasteiger partial charge >= 0.3 is 0 Å². The van der Waals surface area contributed by atoms with Gasteiger partial charge in [0.1, 0.15) is 6.10 Å². The topological polar surface area (TPSA) is 86.6 Å². The second-order valence-electron chi connectivity index (χ2n) is 3.72. The molecule has 2 unspecified atom stereocenters. The fourth-order valence-electron chi connectivity index (χ4n) is 1.32. The first-order valence-electron chi connectivity index (χ1n) is 5.20. The van der Waals surface area contributed by atoms with Gasteiger partial charge in [-0.3, -0.25) is 4.79 Å². The SMILES string of the molecule is Cc1ccccc1CNC(=O)C(O)C(O)C=O. The first kappa shape index (κ1) is 13.3. The smallest absolute Gasteiger partial charge is 0.252 e. The molecule has 0 saturated heterocycles. The lowest BCUT2D eigenvalue weighted by molar-refractivity contribution is -0.139. The van der Waals surface area contributed by atoms with Crippen LogP contribution in [0.2, 0.25) is 0 Å². The summed E-state index contributed by atoms with van der Waals surface area (Å²) in [5.41, 5.74) is 1.92. The molecular formula is C12H15NO4. The van der Waals surface area contributed by atoms with Crippen LogP contribution in [-0.4, -0.2) is 34.6 Å². The molecule has 0 aliphatic carbocycles. The van der Waals surface area contributed by atoms with Crippen LogP contribution in [0.15, 0.2) is 24.3 Å². The molecule has 5 nitrogen and oxygen atoms in total. The number of amides is 1. The lowest BCUT2D eigenvalue weighted by atomic mass is 10.1. The Morgan fingerprint density at radius 3 is 2.65 bits per heavy atom. The molecule has 0 aromatic heterocycles. The van der Waals surface area contributed by atoms with Crippen LogP contribution in [0.5, 0.6) is 0 Å². The maximum Gasteiger partial charge on any atom is 0.252 e. The molecule has 0 saturated carbocycles. The summed E-state index contributed by atoms with van der Waals surface area (Å²) in [6, 6.07) is 7.47. The molecule has 5 heteroatoms. The highest BCUT2D eigenvalue weighted by Gasteiger charge is 2.23. The fraction of sp³-hybridized carbons (Fsp3) is 0.333. The minimum Gasteiger partial charge on any atom is -0.382 e. The standard InChI is InChI=1S/C12H15NO4/c1-8-4-2-3-5-9(8)6-13-12(17)11(16)10(15)7-14/h2-5,7,10-11,15-16H,6H2,1H3,(H,13,17). The minimum absolute atomic E-state index is 0.123. The van der Waals surface area contributed by atoms with E-state index in [1.807, 2.05) is 31.2 Å². The van der Waals surface area contributed by atoms with E-state index < -0.39 is 18.1 Å². The lowest BCUT2D eigenvalue weighted by Crippen LogP contribution is -2.42. The predicted molar refractivity (Wildman–Crippen MR) is 61.1 cm³/mol. The van der Waals surface area contributed by atoms with Crippen molar-refractivity contribution in [2.75, 3.05) is 0 Å². The molecule has 0 fully saturated rings. The number of hydrogen-bond donors (Lipinski definition) is 3. The van der Waals surface area contributed by atoms with Gasteiger partial charge in [0.2, 0.25) is 0 Å². The van der Waals surface area contributed by atoms with Gasteiger partial charge in [-0.05, 0) is 18.1 Å². The summed E-state index contributed by atoms with van der Waals surface area (Å²) in [7, 11) is 0. The Hall–Kier alpha value is -1.72. The third-order valence-corrected chi connectivity index (χ3v) is 2.45. The number of carbonyl (C=O) groups excluding carboxylic acids is 2. The summed E-state index contributed by atoms with van der Waals surface area (Å²) in [6.45, 7) is 2.15. The molecule has 0 aliphatic heterocycles. The van der Waals surface area contributed by atoms with Gasteiger partial charge in [-0.2, -0.15) is 0 Å². The number of nitrogens with one attached hydrogen (secondary N) is 1. The monoisotopic (exact) mass is 237 g/mol. The number of hydrogen-bond acceptors (Lipinski definition) is 4. The molecule has 1 aromatic carbocycles. The van der Waals surface area contributed by atoms with Crippen molar-refractivity contribution < 1.29 is 19.8 Å². The molecule has 0 bridgehead atoms. The second kappa shape index (κ2) is 6.12. The molecule has 0 spiro atoms. The summed E-state index contributed by atoms with van der Waals surface area (Å²) < 4.78 is 0. The van der Waals surface area contributed by atoms with Crippen molar-refractivity contribution in [3.05, 3.63) is 35.4 Å². The molecule has 1 aromatic rings. The summed E-state index contributed by atoms with van der Waals surface area (Å²) in [6.07, 6.45) is -3.29. The van der Waals surface area contributed by atoms with Crippen molar-refractivity contribution >= 4 is 12.2 Å². The van der Waals surface area contributed by atoms with E-state index in [-0.39, 0.29) is 12.8 Å². The average Bonchev–Trinajstić information content (AvgIpc) is 2.35. The van der Waals surface area contributed by atoms with Gasteiger partial charge in [0, 0.05) is 6.54 Å². The molecule has 17 heavy (non-hydrogen) atoms. The van der Waals surface area contributed by atoms with E-state index in [4.69, 9.17) is 5.11 Å². The Kier molecular flexibility index (Phi) is 4.81. The van der Waals surface area contributed by atoms with Crippen molar-refractivity contribution in [1.82, 2.24) is 5.32 Å². The molecule has 0 aliphatic rings. The number of aliphatic hydroxyl groups is 2. The first-order chi connectivity index (χ1) is 8.06. The number of aldehydes is 1. The molecule has 0 radical (unpaired) electrons. The third kappa shape index (κ3) is 3.65. The highest BCUT2D eigenvalue weighted by atomic mass is 16.3. The molecule has 1 rings (SSSR count). The van der Waals surface area contributed by atoms with Crippen molar-refractivity contribution in [1.29, 1.82) is 0 Å². The van der Waals surface area contributed by atoms with E-state index in [1.165, 1.54) is 0 Å². The number of benzene rings is 1. The van der Waals surface area contributed by atoms with Gasteiger partial charge in [-0.15, -0.1) is 0 Å². The average molecular weight is 237 g/mol. The van der Waals surface area contributed by atoms with Crippen molar-refractivity contribution in [2.45, 2.75) is 25.7 Å². The van der Waals surface area contributed by atoms with E-state index in [9.17, 15) is 14.7 Å². The van der Waals surface area contributed by atoms with Crippen LogP contribution in [-0.2, 0) is 16.1 Å². The third-order valence-electron chi connectivity index (χ3n) is 2.45. The van der Waals surface area contributed by atoms with Crippen LogP contribution in [0.1, 0.15) is 11.1 Å². The number of carbonyl (C=O) groups is 2. The summed E-state index contributed by atoms with van der Waals surface area (Å²) in [5.74, 6) is -0.771. The van der Waals surface area contributed by atoms with E-state index in [1.54, 1.807) is 0 Å². The molecule has 92 valence electrons. The minimum atomic E-state index is -1.73. The number of rotatable bonds is 5. The molecule has 0 heterocycles. The van der Waals surface area contributed by atoms with Crippen LogP contribution in [0.3, 0.4) is 0 Å². The maximum absolute atomic E-state index is 11.3. The zero-order chi connectivity index (χ0) is 12.8. The predicted octanol–water partition coefficient (Wildman–Crippen LogP) is -0.468. The van der Waals surface area contributed by atoms with Crippen LogP contribution in [0.4, 0.5) is 0 Å². The van der Waals surface area contributed by atoms with Crippen molar-refractivity contribution in [3.8, 4) is 0 Å². The summed E-state index contributed by atoms with van der Waals surface area (Å²) in [5, 5.41) is 20.7. The van der Waals surface area contributed by atoms with Gasteiger partial charge in [0.25, 0.3) is 5.91 Å². The van der Waals surface area contributed by atoms with Crippen LogP contribution >= 0.6 is 0 Å². The largest absolute Gasteiger partial charge is 0.382 e. The number of aliphatic hydroxyl groups excluding tert-OH is 2. The van der Waals surface area contributed by atoms with Gasteiger partial charge in [0.05, 0.1) is 0 Å². The Bertz CT molecular complexity index is 405. The van der Waals surface area contributed by atoms with Crippen molar-refractivity contribution in [2.24, 2.45) is 0 Å². The molecular weight excluding hydrogens is 222 g/mol. The Labute approximate surface area is 99.1 Å². The quantitative estimate of drug-likeness (QED) is 0.604. The Morgan fingerprint density at radius 2 is 2.06 bits per heavy atom. The summed E-state index contributed by atoms with van der Waals surface area (Å²) >= 11 is 0. The highest BCUT2D eigenvalue weighted by Crippen LogP contribution is 2.06. The summed E-state index contributed by atoms with van der Waals surface area (Å²) in [4.78, 5) is 21.5. The maximum atomic E-state index is 11.3. The van der Waals surface area contributed by atoms with Gasteiger partial charge in [0.15, 0.2) is 12.4 Å². The van der Waals surface area contributed by atoms with E-state index in [0.29, 0.717) is 0 Å². The number of aryl methyl sites for hydroxylation is 1. The normalized spacial score (nSPS) is 13.8. The fourth-order valence-corrected chi connectivity index (χ4v) is 1.32. The highest BCUT2D eigenvalue weighted by molar-refractivity contribution is 5.84. The van der Waals surface area contributed by atoms with Gasteiger partial charge in [-0.1, -0.05) is 24.3 Å². The molecule has 1 amide bonds. The van der Waals surface area contributed by atoms with Gasteiger partial charge in [-0.25, -0.2) is 0 Å². The second-order valence-corrected chi connectivity index (χ2v) is 3.72. The Morgan fingerprint density at radius 1 is 1.41 bits per heavy atom. The van der Waals surface area contributed by atoms with Crippen molar-refractivity contribution in [3.63, 3.8) is 0 Å². The van der Waals surface area contributed by atoms with Crippen LogP contribution in [0.25, 0.3) is 0 Å². The molecule has 3 N–H and O–H groups in total. The first-order valence-corrected chi connectivity index (χ1v) is 5.20. The van der Waals surface area contributed by atoms with E-state index in [0.717, 1.165) is 11.1 Å². The zero-order valence-electron chi connectivity index (χ0n) is 9.46. The van der Waals surface area contributed by atoms with E-state index >= 15 is 0 Å². The van der Waals surface area contributed by atoms with Crippen LogP contribution < -0.4 is 5.32 Å². The van der Waals surface area contributed by atoms with Gasteiger partial charge < -0.3 is 20.3 Å². The zero-order valence-corrected chi connectivity index (χ0v) is 9.46. The molecule has 2 atom stereocenters. The van der Waals surface area contributed by atoms with E-state index in [2.05, 4.69) is 5.32 Å². The Balaban J connectivity index is 2.54. The lowest BCUT2D eigenvalue weighted by Gasteiger charge is -2.13. The van der Waals surface area contributed by atoms with Crippen LogP contribution in [0, 0.1) is 6.92 Å².